The standard InChI is InChI=1S/C13H20N2O/c1-5-8(2)9(3)13(16)15-7-10-6-11(10)12(15)14-4/h8-12H,5-7H2,1-3H3/t8?,9-,10-,11-,12?/m0/s1. The lowest BCUT2D eigenvalue weighted by atomic mass is 9.92. The smallest absolute Gasteiger partial charge is 0.289 e. The molecule has 5 atom stereocenters. The molecule has 3 heteroatoms. The zero-order valence-electron chi connectivity index (χ0n) is 10.3. The summed E-state index contributed by atoms with van der Waals surface area (Å²) in [7, 11) is 0. The molecule has 0 aromatic rings. The quantitative estimate of drug-likeness (QED) is 0.670. The highest BCUT2D eigenvalue weighted by Gasteiger charge is 2.59. The first-order valence-corrected chi connectivity index (χ1v) is 6.27. The van der Waals surface area contributed by atoms with Crippen molar-refractivity contribution in [2.45, 2.75) is 39.8 Å². The maximum Gasteiger partial charge on any atom is 0.303 e. The highest BCUT2D eigenvalue weighted by atomic mass is 16.2. The Balaban J connectivity index is 2.03. The average Bonchev–Trinajstić information content (AvgIpc) is 2.98. The summed E-state index contributed by atoms with van der Waals surface area (Å²) in [5.41, 5.74) is 0. The number of hydrogen-bond acceptors (Lipinski definition) is 1. The van der Waals surface area contributed by atoms with Crippen LogP contribution in [0.25, 0.3) is 4.85 Å². The van der Waals surface area contributed by atoms with Gasteiger partial charge in [0.2, 0.25) is 5.91 Å². The van der Waals surface area contributed by atoms with Crippen molar-refractivity contribution in [3.05, 3.63) is 11.4 Å². The van der Waals surface area contributed by atoms with Gasteiger partial charge in [-0.25, -0.2) is 6.57 Å². The third kappa shape index (κ3) is 1.71. The number of fused-ring (bicyclic) bond motifs is 1. The first-order chi connectivity index (χ1) is 7.60. The second kappa shape index (κ2) is 4.08. The van der Waals surface area contributed by atoms with E-state index in [1.54, 1.807) is 0 Å². The molecule has 2 fully saturated rings. The van der Waals surface area contributed by atoms with E-state index < -0.39 is 0 Å². The summed E-state index contributed by atoms with van der Waals surface area (Å²) in [6.07, 6.45) is 2.04. The van der Waals surface area contributed by atoms with Crippen LogP contribution in [0.15, 0.2) is 0 Å². The summed E-state index contributed by atoms with van der Waals surface area (Å²) in [5, 5.41) is 0. The molecule has 3 nitrogen and oxygen atoms in total. The molecule has 2 rings (SSSR count). The zero-order chi connectivity index (χ0) is 11.9. The SMILES string of the molecule is [C-]#[N+]C1[C@H]2C[C@H]2CN1C(=O)[C@@H](C)C(C)CC. The van der Waals surface area contributed by atoms with E-state index in [-0.39, 0.29) is 18.0 Å². The van der Waals surface area contributed by atoms with Crippen molar-refractivity contribution in [1.82, 2.24) is 4.90 Å². The van der Waals surface area contributed by atoms with Crippen molar-refractivity contribution in [2.75, 3.05) is 6.54 Å². The van der Waals surface area contributed by atoms with Crippen LogP contribution in [-0.2, 0) is 4.79 Å². The summed E-state index contributed by atoms with van der Waals surface area (Å²) in [5.74, 6) is 1.79. The first kappa shape index (κ1) is 11.4. The number of likely N-dealkylation sites (tertiary alicyclic amines) is 1. The third-order valence-electron chi connectivity index (χ3n) is 4.41. The van der Waals surface area contributed by atoms with Crippen LogP contribution in [-0.4, -0.2) is 23.5 Å². The largest absolute Gasteiger partial charge is 0.303 e. The molecule has 16 heavy (non-hydrogen) atoms. The van der Waals surface area contributed by atoms with Crippen molar-refractivity contribution in [2.24, 2.45) is 23.7 Å². The lowest BCUT2D eigenvalue weighted by molar-refractivity contribution is -0.137. The van der Waals surface area contributed by atoms with Gasteiger partial charge in [-0.1, -0.05) is 27.2 Å². The Morgan fingerprint density at radius 2 is 2.25 bits per heavy atom. The maximum atomic E-state index is 12.3. The van der Waals surface area contributed by atoms with Crippen LogP contribution >= 0.6 is 0 Å². The molecule has 2 aliphatic rings. The Bertz CT molecular complexity index is 333. The Labute approximate surface area is 97.6 Å². The minimum Gasteiger partial charge on any atom is -0.289 e. The van der Waals surface area contributed by atoms with Gasteiger partial charge in [-0.15, -0.1) is 0 Å². The molecule has 0 spiro atoms. The van der Waals surface area contributed by atoms with Crippen molar-refractivity contribution in [3.8, 4) is 0 Å². The van der Waals surface area contributed by atoms with Crippen LogP contribution in [0.3, 0.4) is 0 Å². The fourth-order valence-electron chi connectivity index (χ4n) is 2.68. The van der Waals surface area contributed by atoms with Crippen LogP contribution in [0.5, 0.6) is 0 Å². The summed E-state index contributed by atoms with van der Waals surface area (Å²) < 4.78 is 0. The molecule has 1 saturated carbocycles. The topological polar surface area (TPSA) is 24.7 Å². The van der Waals surface area contributed by atoms with Gasteiger partial charge in [-0.2, -0.15) is 0 Å². The van der Waals surface area contributed by atoms with Gasteiger partial charge >= 0.3 is 6.17 Å². The molecule has 0 radical (unpaired) electrons. The fraction of sp³-hybridized carbons (Fsp3) is 0.846. The van der Waals surface area contributed by atoms with E-state index >= 15 is 0 Å². The van der Waals surface area contributed by atoms with Crippen molar-refractivity contribution in [3.63, 3.8) is 0 Å². The Morgan fingerprint density at radius 3 is 2.81 bits per heavy atom. The van der Waals surface area contributed by atoms with E-state index in [2.05, 4.69) is 18.7 Å². The average molecular weight is 220 g/mol. The van der Waals surface area contributed by atoms with Gasteiger partial charge in [0.1, 0.15) is 0 Å². The number of nitrogens with zero attached hydrogens (tertiary/aromatic N) is 2. The Hall–Kier alpha value is -1.04. The van der Waals surface area contributed by atoms with Crippen LogP contribution in [0, 0.1) is 30.2 Å². The van der Waals surface area contributed by atoms with E-state index in [1.165, 1.54) is 0 Å². The first-order valence-electron chi connectivity index (χ1n) is 6.27. The van der Waals surface area contributed by atoms with Crippen LogP contribution in [0.1, 0.15) is 33.6 Å². The van der Waals surface area contributed by atoms with E-state index in [0.29, 0.717) is 17.8 Å². The molecule has 0 aromatic heterocycles. The highest BCUT2D eigenvalue weighted by Crippen LogP contribution is 2.50. The molecule has 1 aliphatic carbocycles. The summed E-state index contributed by atoms with van der Waals surface area (Å²) in [6.45, 7) is 14.3. The fourth-order valence-corrected chi connectivity index (χ4v) is 2.68. The third-order valence-corrected chi connectivity index (χ3v) is 4.41. The minimum atomic E-state index is -0.149. The van der Waals surface area contributed by atoms with Gasteiger partial charge < -0.3 is 0 Å². The number of hydrogen-bond donors (Lipinski definition) is 0. The summed E-state index contributed by atoms with van der Waals surface area (Å²) >= 11 is 0. The lowest BCUT2D eigenvalue weighted by Gasteiger charge is -2.25. The molecule has 0 aromatic carbocycles. The van der Waals surface area contributed by atoms with Crippen LogP contribution < -0.4 is 0 Å². The Kier molecular flexibility index (Phi) is 2.92. The molecule has 1 heterocycles. The van der Waals surface area contributed by atoms with Crippen molar-refractivity contribution < 1.29 is 4.79 Å². The van der Waals surface area contributed by atoms with Gasteiger partial charge in [0.25, 0.3) is 0 Å². The molecular formula is C13H20N2O. The lowest BCUT2D eigenvalue weighted by Crippen LogP contribution is -2.41. The number of amides is 1. The van der Waals surface area contributed by atoms with Crippen molar-refractivity contribution in [1.29, 1.82) is 0 Å². The molecular weight excluding hydrogens is 200 g/mol. The van der Waals surface area contributed by atoms with Gasteiger partial charge in [0.15, 0.2) is 0 Å². The molecule has 1 saturated heterocycles. The summed E-state index contributed by atoms with van der Waals surface area (Å²) in [6, 6.07) is 0. The van der Waals surface area contributed by atoms with E-state index in [1.807, 2.05) is 11.8 Å². The Morgan fingerprint density at radius 1 is 1.56 bits per heavy atom. The van der Waals surface area contributed by atoms with Gasteiger partial charge in [0, 0.05) is 12.5 Å². The highest BCUT2D eigenvalue weighted by molar-refractivity contribution is 5.80. The van der Waals surface area contributed by atoms with E-state index in [9.17, 15) is 4.79 Å². The summed E-state index contributed by atoms with van der Waals surface area (Å²) in [4.78, 5) is 17.7. The van der Waals surface area contributed by atoms with Crippen molar-refractivity contribution >= 4 is 5.91 Å². The van der Waals surface area contributed by atoms with Gasteiger partial charge in [-0.05, 0) is 18.3 Å². The molecule has 2 unspecified atom stereocenters. The minimum absolute atomic E-state index is 0.0618. The number of rotatable bonds is 3. The van der Waals surface area contributed by atoms with E-state index in [4.69, 9.17) is 6.57 Å². The number of piperidine rings is 1. The molecule has 0 N–H and O–H groups in total. The predicted molar refractivity (Wildman–Crippen MR) is 62.3 cm³/mol. The molecule has 1 amide bonds. The van der Waals surface area contributed by atoms with E-state index in [0.717, 1.165) is 19.4 Å². The van der Waals surface area contributed by atoms with Crippen LogP contribution in [0.2, 0.25) is 0 Å². The van der Waals surface area contributed by atoms with Gasteiger partial charge in [-0.3, -0.25) is 14.5 Å². The number of carbonyl (C=O) groups excluding carboxylic acids is 1. The normalized spacial score (nSPS) is 35.1. The predicted octanol–water partition coefficient (Wildman–Crippen LogP) is 2.39. The monoisotopic (exact) mass is 220 g/mol. The maximum absolute atomic E-state index is 12.3. The second-order valence-electron chi connectivity index (χ2n) is 5.37. The van der Waals surface area contributed by atoms with Gasteiger partial charge in [0.05, 0.1) is 5.92 Å². The number of carbonyl (C=O) groups is 1. The zero-order valence-corrected chi connectivity index (χ0v) is 10.3. The second-order valence-corrected chi connectivity index (χ2v) is 5.37. The molecule has 0 bridgehead atoms. The molecule has 1 aliphatic heterocycles. The molecule has 88 valence electrons. The van der Waals surface area contributed by atoms with Crippen LogP contribution in [0.4, 0.5) is 0 Å².